The van der Waals surface area contributed by atoms with E-state index in [2.05, 4.69) is 4.76 Å². The van der Waals surface area contributed by atoms with Gasteiger partial charge in [-0.15, -0.1) is 0 Å². The van der Waals surface area contributed by atoms with Crippen LogP contribution in [0.1, 0.15) is 0 Å². The number of hydrogen-bond acceptors (Lipinski definition) is 6. The first-order chi connectivity index (χ1) is 5.20. The molecule has 4 N–H and O–H groups in total. The molecule has 0 saturated heterocycles. The first-order valence-corrected chi connectivity index (χ1v) is 3.20. The Kier molecular flexibility index (Phi) is 6.43. The van der Waals surface area contributed by atoms with E-state index in [0.29, 0.717) is 0 Å². The molecule has 0 aliphatic heterocycles. The summed E-state index contributed by atoms with van der Waals surface area (Å²) in [7, 11) is -1.91. The Bertz CT molecular complexity index is 86.6. The molecule has 0 saturated carbocycles. The zero-order valence-corrected chi connectivity index (χ0v) is 6.05. The van der Waals surface area contributed by atoms with Gasteiger partial charge in [0.15, 0.2) is 0 Å². The fraction of sp³-hybridized carbons (Fsp3) is 1.00. The van der Waals surface area contributed by atoms with Crippen molar-refractivity contribution in [3.8, 4) is 0 Å². The van der Waals surface area contributed by atoms with E-state index < -0.39 is 7.32 Å². The molecule has 0 aliphatic rings. The topological polar surface area (TPSA) is 93.4 Å². The van der Waals surface area contributed by atoms with Gasteiger partial charge in [0.2, 0.25) is 0 Å². The highest BCUT2D eigenvalue weighted by atomic mass is 16.7. The van der Waals surface area contributed by atoms with Crippen LogP contribution in [-0.2, 0) is 4.76 Å². The third kappa shape index (κ3) is 6.23. The van der Waals surface area contributed by atoms with Gasteiger partial charge in [0, 0.05) is 13.1 Å². The molecule has 0 amide bonds. The van der Waals surface area contributed by atoms with Gasteiger partial charge in [-0.25, -0.2) is 0 Å². The maximum Gasteiger partial charge on any atom is 0.651 e. The van der Waals surface area contributed by atoms with Crippen LogP contribution in [0.4, 0.5) is 0 Å². The van der Waals surface area contributed by atoms with Crippen LogP contribution in [0.15, 0.2) is 0 Å². The van der Waals surface area contributed by atoms with E-state index >= 15 is 0 Å². The third-order valence-electron chi connectivity index (χ3n) is 0.942. The van der Waals surface area contributed by atoms with E-state index in [1.165, 1.54) is 0 Å². The Labute approximate surface area is 64.8 Å². The average molecular weight is 165 g/mol. The number of hydroxylamine groups is 2. The van der Waals surface area contributed by atoms with Crippen molar-refractivity contribution in [2.75, 3.05) is 26.3 Å². The Balaban J connectivity index is 3.50. The van der Waals surface area contributed by atoms with Crippen molar-refractivity contribution < 1.29 is 25.0 Å². The van der Waals surface area contributed by atoms with Crippen molar-refractivity contribution in [3.05, 3.63) is 0 Å². The predicted molar refractivity (Wildman–Crippen MR) is 37.0 cm³/mol. The minimum atomic E-state index is -1.91. The smallest absolute Gasteiger partial charge is 0.401 e. The van der Waals surface area contributed by atoms with Gasteiger partial charge >= 0.3 is 7.32 Å². The lowest BCUT2D eigenvalue weighted by Gasteiger charge is -2.18. The summed E-state index contributed by atoms with van der Waals surface area (Å²) in [5.41, 5.74) is 0. The van der Waals surface area contributed by atoms with Crippen LogP contribution < -0.4 is 0 Å². The number of hydrogen-bond donors (Lipinski definition) is 4. The zero-order chi connectivity index (χ0) is 8.69. The molecule has 6 nitrogen and oxygen atoms in total. The molecule has 0 atom stereocenters. The largest absolute Gasteiger partial charge is 0.651 e. The summed E-state index contributed by atoms with van der Waals surface area (Å²) in [6, 6.07) is 0. The molecular weight excluding hydrogens is 153 g/mol. The Morgan fingerprint density at radius 1 is 1.09 bits per heavy atom. The molecule has 0 unspecified atom stereocenters. The van der Waals surface area contributed by atoms with E-state index in [1.807, 2.05) is 0 Å². The van der Waals surface area contributed by atoms with Crippen molar-refractivity contribution in [1.29, 1.82) is 0 Å². The summed E-state index contributed by atoms with van der Waals surface area (Å²) < 4.78 is 4.36. The number of nitrogens with zero attached hydrogens (tertiary/aromatic N) is 1. The maximum atomic E-state index is 8.41. The van der Waals surface area contributed by atoms with Gasteiger partial charge in [0.1, 0.15) is 0 Å². The SMILES string of the molecule is OCCN(CCO)OB(O)O. The number of rotatable bonds is 6. The molecule has 0 aromatic heterocycles. The summed E-state index contributed by atoms with van der Waals surface area (Å²) in [6.07, 6.45) is 0. The summed E-state index contributed by atoms with van der Waals surface area (Å²) in [5, 5.41) is 34.5. The minimum absolute atomic E-state index is 0.123. The highest BCUT2D eigenvalue weighted by molar-refractivity contribution is 6.32. The lowest BCUT2D eigenvalue weighted by Crippen LogP contribution is -2.36. The second kappa shape index (κ2) is 6.53. The van der Waals surface area contributed by atoms with Crippen molar-refractivity contribution in [3.63, 3.8) is 0 Å². The summed E-state index contributed by atoms with van der Waals surface area (Å²) in [4.78, 5) is 0. The van der Waals surface area contributed by atoms with Crippen LogP contribution >= 0.6 is 0 Å². The quantitative estimate of drug-likeness (QED) is 0.250. The van der Waals surface area contributed by atoms with Crippen LogP contribution in [0.2, 0.25) is 0 Å². The Morgan fingerprint density at radius 2 is 1.55 bits per heavy atom. The second-order valence-corrected chi connectivity index (χ2v) is 1.81. The molecule has 0 bridgehead atoms. The van der Waals surface area contributed by atoms with Gasteiger partial charge in [0.05, 0.1) is 13.2 Å². The van der Waals surface area contributed by atoms with Crippen molar-refractivity contribution >= 4 is 7.32 Å². The van der Waals surface area contributed by atoms with Crippen molar-refractivity contribution in [2.24, 2.45) is 0 Å². The van der Waals surface area contributed by atoms with Crippen LogP contribution in [0, 0.1) is 0 Å². The molecule has 0 rings (SSSR count). The van der Waals surface area contributed by atoms with Gasteiger partial charge in [-0.2, -0.15) is 5.06 Å². The first-order valence-electron chi connectivity index (χ1n) is 3.20. The predicted octanol–water partition coefficient (Wildman–Crippen LogP) is -2.83. The van der Waals surface area contributed by atoms with E-state index in [0.717, 1.165) is 5.06 Å². The first kappa shape index (κ1) is 10.8. The second-order valence-electron chi connectivity index (χ2n) is 1.81. The maximum absolute atomic E-state index is 8.41. The standard InChI is InChI=1S/C4H12BNO5/c7-3-1-6(2-4-8)11-5(9)10/h7-10H,1-4H2. The van der Waals surface area contributed by atoms with Gasteiger partial charge < -0.3 is 20.3 Å². The van der Waals surface area contributed by atoms with Gasteiger partial charge in [0.25, 0.3) is 0 Å². The van der Waals surface area contributed by atoms with Crippen LogP contribution in [-0.4, -0.2) is 58.9 Å². The van der Waals surface area contributed by atoms with E-state index in [9.17, 15) is 0 Å². The fourth-order valence-electron chi connectivity index (χ4n) is 0.574. The van der Waals surface area contributed by atoms with Crippen LogP contribution in [0.3, 0.4) is 0 Å². The summed E-state index contributed by atoms with van der Waals surface area (Å²) in [6.45, 7) is -0.101. The molecule has 7 heteroatoms. The molecule has 66 valence electrons. The van der Waals surface area contributed by atoms with E-state index in [4.69, 9.17) is 20.3 Å². The number of aliphatic hydroxyl groups is 2. The molecule has 0 heterocycles. The van der Waals surface area contributed by atoms with Crippen molar-refractivity contribution in [2.45, 2.75) is 0 Å². The minimum Gasteiger partial charge on any atom is -0.401 e. The van der Waals surface area contributed by atoms with Gasteiger partial charge in [-0.1, -0.05) is 0 Å². The lowest BCUT2D eigenvalue weighted by atomic mass is 10.3. The molecule has 0 aromatic carbocycles. The van der Waals surface area contributed by atoms with Crippen LogP contribution in [0.5, 0.6) is 0 Å². The number of aliphatic hydroxyl groups excluding tert-OH is 2. The molecule has 0 aromatic rings. The van der Waals surface area contributed by atoms with E-state index in [-0.39, 0.29) is 26.3 Å². The Hall–Kier alpha value is -0.175. The van der Waals surface area contributed by atoms with E-state index in [1.54, 1.807) is 0 Å². The highest BCUT2D eigenvalue weighted by Crippen LogP contribution is 1.88. The molecule has 0 fully saturated rings. The summed E-state index contributed by atoms with van der Waals surface area (Å²) >= 11 is 0. The molecule has 0 spiro atoms. The Morgan fingerprint density at radius 3 is 1.82 bits per heavy atom. The van der Waals surface area contributed by atoms with Gasteiger partial charge in [-0.05, 0) is 0 Å². The van der Waals surface area contributed by atoms with Gasteiger partial charge in [-0.3, -0.25) is 4.76 Å². The van der Waals surface area contributed by atoms with Crippen LogP contribution in [0.25, 0.3) is 0 Å². The molecule has 0 aliphatic carbocycles. The highest BCUT2D eigenvalue weighted by Gasteiger charge is 2.14. The molecule has 0 radical (unpaired) electrons. The zero-order valence-electron chi connectivity index (χ0n) is 6.05. The third-order valence-corrected chi connectivity index (χ3v) is 0.942. The lowest BCUT2D eigenvalue weighted by molar-refractivity contribution is -0.108. The normalized spacial score (nSPS) is 10.6. The van der Waals surface area contributed by atoms with Crippen molar-refractivity contribution in [1.82, 2.24) is 5.06 Å². The molecular formula is C4H12BNO5. The average Bonchev–Trinajstić information content (AvgIpc) is 1.87. The molecule has 11 heavy (non-hydrogen) atoms. The summed E-state index contributed by atoms with van der Waals surface area (Å²) in [5.74, 6) is 0. The monoisotopic (exact) mass is 165 g/mol. The fourth-order valence-corrected chi connectivity index (χ4v) is 0.574.